The molecular formula is C10H17NO2. The van der Waals surface area contributed by atoms with Crippen LogP contribution in [0.15, 0.2) is 4.99 Å². The number of amides is 1. The summed E-state index contributed by atoms with van der Waals surface area (Å²) in [6.07, 6.45) is 0. The van der Waals surface area contributed by atoms with Crippen LogP contribution in [0.1, 0.15) is 34.6 Å². The molecule has 3 heteroatoms. The number of ether oxygens (including phenoxy) is 1. The van der Waals surface area contributed by atoms with Gasteiger partial charge in [0.2, 0.25) is 0 Å². The average molecular weight is 183 g/mol. The van der Waals surface area contributed by atoms with Gasteiger partial charge in [0.15, 0.2) is 0 Å². The highest BCUT2D eigenvalue weighted by Gasteiger charge is 2.38. The van der Waals surface area contributed by atoms with Crippen LogP contribution < -0.4 is 0 Å². The van der Waals surface area contributed by atoms with E-state index in [-0.39, 0.29) is 17.9 Å². The van der Waals surface area contributed by atoms with E-state index in [0.29, 0.717) is 0 Å². The van der Waals surface area contributed by atoms with Crippen LogP contribution in [0.3, 0.4) is 0 Å². The van der Waals surface area contributed by atoms with Gasteiger partial charge in [-0.2, -0.15) is 0 Å². The third kappa shape index (κ3) is 2.15. The lowest BCUT2D eigenvalue weighted by Gasteiger charge is -2.36. The van der Waals surface area contributed by atoms with E-state index in [0.717, 1.165) is 5.71 Å². The van der Waals surface area contributed by atoms with Crippen LogP contribution in [0.25, 0.3) is 0 Å². The second-order valence-electron chi connectivity index (χ2n) is 4.90. The Labute approximate surface area is 79.2 Å². The molecule has 1 rings (SSSR count). The number of nitrogens with zero attached hydrogens (tertiary/aromatic N) is 1. The molecule has 0 spiro atoms. The summed E-state index contributed by atoms with van der Waals surface area (Å²) < 4.78 is 5.44. The fourth-order valence-electron chi connectivity index (χ4n) is 1.67. The Bertz CT molecular complexity index is 259. The van der Waals surface area contributed by atoms with Gasteiger partial charge in [0, 0.05) is 5.41 Å². The van der Waals surface area contributed by atoms with Gasteiger partial charge in [0.05, 0.1) is 5.71 Å². The van der Waals surface area contributed by atoms with Gasteiger partial charge in [-0.15, -0.1) is 0 Å². The van der Waals surface area contributed by atoms with Crippen molar-refractivity contribution >= 4 is 11.6 Å². The molecule has 0 fully saturated rings. The van der Waals surface area contributed by atoms with Crippen molar-refractivity contribution in [1.82, 2.24) is 0 Å². The third-order valence-electron chi connectivity index (χ3n) is 2.07. The van der Waals surface area contributed by atoms with Gasteiger partial charge in [-0.25, -0.2) is 4.99 Å². The number of aliphatic imine (C=N–C) groups is 1. The van der Waals surface area contributed by atoms with Gasteiger partial charge in [0.25, 0.3) is 5.91 Å². The van der Waals surface area contributed by atoms with E-state index in [2.05, 4.69) is 4.99 Å². The molecule has 1 amide bonds. The minimum absolute atomic E-state index is 0.104. The molecule has 0 radical (unpaired) electrons. The smallest absolute Gasteiger partial charge is 0.271 e. The number of hydrogen-bond donors (Lipinski definition) is 0. The van der Waals surface area contributed by atoms with Gasteiger partial charge in [-0.3, -0.25) is 4.79 Å². The van der Waals surface area contributed by atoms with Crippen molar-refractivity contribution in [1.29, 1.82) is 0 Å². The topological polar surface area (TPSA) is 38.7 Å². The average Bonchev–Trinajstić information content (AvgIpc) is 1.92. The van der Waals surface area contributed by atoms with Gasteiger partial charge in [-0.1, -0.05) is 20.8 Å². The zero-order valence-electron chi connectivity index (χ0n) is 8.97. The van der Waals surface area contributed by atoms with Gasteiger partial charge in [0.1, 0.15) is 12.2 Å². The zero-order chi connectivity index (χ0) is 10.3. The Morgan fingerprint density at radius 1 is 1.38 bits per heavy atom. The van der Waals surface area contributed by atoms with Crippen molar-refractivity contribution in [3.63, 3.8) is 0 Å². The molecule has 13 heavy (non-hydrogen) atoms. The summed E-state index contributed by atoms with van der Waals surface area (Å²) >= 11 is 0. The molecule has 3 nitrogen and oxygen atoms in total. The maximum Gasteiger partial charge on any atom is 0.271 e. The normalized spacial score (nSPS) is 22.8. The van der Waals surface area contributed by atoms with Crippen molar-refractivity contribution in [2.75, 3.05) is 6.61 Å². The number of hydrogen-bond acceptors (Lipinski definition) is 2. The first-order chi connectivity index (χ1) is 5.73. The monoisotopic (exact) mass is 183 g/mol. The van der Waals surface area contributed by atoms with E-state index in [1.807, 2.05) is 34.6 Å². The van der Waals surface area contributed by atoms with Crippen molar-refractivity contribution in [3.8, 4) is 0 Å². The van der Waals surface area contributed by atoms with E-state index < -0.39 is 5.60 Å². The van der Waals surface area contributed by atoms with Gasteiger partial charge >= 0.3 is 0 Å². The Hall–Kier alpha value is -0.700. The summed E-state index contributed by atoms with van der Waals surface area (Å²) in [7, 11) is 0. The van der Waals surface area contributed by atoms with E-state index in [4.69, 9.17) is 4.74 Å². The van der Waals surface area contributed by atoms with Crippen molar-refractivity contribution in [3.05, 3.63) is 0 Å². The lowest BCUT2D eigenvalue weighted by atomic mass is 9.80. The molecule has 1 heterocycles. The minimum atomic E-state index is -0.411. The molecule has 0 aromatic carbocycles. The van der Waals surface area contributed by atoms with Crippen LogP contribution in [0.5, 0.6) is 0 Å². The molecule has 0 N–H and O–H groups in total. The number of carbonyl (C=O) groups is 1. The molecule has 0 atom stereocenters. The van der Waals surface area contributed by atoms with Gasteiger partial charge in [-0.05, 0) is 13.8 Å². The van der Waals surface area contributed by atoms with E-state index in [1.165, 1.54) is 0 Å². The summed E-state index contributed by atoms with van der Waals surface area (Å²) in [5, 5.41) is 0. The Balaban J connectivity index is 3.09. The zero-order valence-corrected chi connectivity index (χ0v) is 8.97. The number of carbonyl (C=O) groups excluding carboxylic acids is 1. The molecule has 0 aliphatic carbocycles. The van der Waals surface area contributed by atoms with Crippen molar-refractivity contribution in [2.24, 2.45) is 10.4 Å². The van der Waals surface area contributed by atoms with E-state index in [1.54, 1.807) is 0 Å². The lowest BCUT2D eigenvalue weighted by molar-refractivity contribution is -0.127. The molecule has 1 aliphatic rings. The Kier molecular flexibility index (Phi) is 2.32. The molecule has 0 aromatic rings. The van der Waals surface area contributed by atoms with Crippen molar-refractivity contribution < 1.29 is 9.53 Å². The second-order valence-corrected chi connectivity index (χ2v) is 4.90. The predicted molar refractivity (Wildman–Crippen MR) is 51.9 cm³/mol. The standard InChI is InChI=1S/C10H17NO2/c1-9(2,3)8-10(4,5)13-6-7(12)11-8/h6H2,1-5H3. The molecule has 0 bridgehead atoms. The third-order valence-corrected chi connectivity index (χ3v) is 2.07. The number of rotatable bonds is 0. The largest absolute Gasteiger partial charge is 0.360 e. The molecule has 0 unspecified atom stereocenters. The Morgan fingerprint density at radius 2 is 1.92 bits per heavy atom. The first-order valence-electron chi connectivity index (χ1n) is 4.50. The molecule has 1 aliphatic heterocycles. The van der Waals surface area contributed by atoms with Gasteiger partial charge < -0.3 is 4.74 Å². The summed E-state index contributed by atoms with van der Waals surface area (Å²) in [6.45, 7) is 10.1. The first kappa shape index (κ1) is 10.4. The molecule has 0 aromatic heterocycles. The molecule has 0 saturated heterocycles. The summed E-state index contributed by atoms with van der Waals surface area (Å²) in [5.41, 5.74) is 0.308. The highest BCUT2D eigenvalue weighted by atomic mass is 16.5. The quantitative estimate of drug-likeness (QED) is 0.574. The summed E-state index contributed by atoms with van der Waals surface area (Å²) in [6, 6.07) is 0. The first-order valence-corrected chi connectivity index (χ1v) is 4.50. The second kappa shape index (κ2) is 2.91. The lowest BCUT2D eigenvalue weighted by Crippen LogP contribution is -2.47. The molecular weight excluding hydrogens is 166 g/mol. The minimum Gasteiger partial charge on any atom is -0.360 e. The molecule has 0 saturated carbocycles. The van der Waals surface area contributed by atoms with Crippen LogP contribution in [-0.2, 0) is 9.53 Å². The predicted octanol–water partition coefficient (Wildman–Crippen LogP) is 1.81. The SMILES string of the molecule is CC(C)(C)C1=NC(=O)COC1(C)C. The highest BCUT2D eigenvalue weighted by Crippen LogP contribution is 2.29. The van der Waals surface area contributed by atoms with Crippen LogP contribution in [-0.4, -0.2) is 23.8 Å². The van der Waals surface area contributed by atoms with Crippen LogP contribution in [0, 0.1) is 5.41 Å². The summed E-state index contributed by atoms with van der Waals surface area (Å²) in [5.74, 6) is -0.177. The van der Waals surface area contributed by atoms with Crippen LogP contribution >= 0.6 is 0 Å². The maximum atomic E-state index is 11.1. The maximum absolute atomic E-state index is 11.1. The molecule has 74 valence electrons. The van der Waals surface area contributed by atoms with Crippen LogP contribution in [0.4, 0.5) is 0 Å². The van der Waals surface area contributed by atoms with Crippen LogP contribution in [0.2, 0.25) is 0 Å². The Morgan fingerprint density at radius 3 is 2.31 bits per heavy atom. The fourth-order valence-corrected chi connectivity index (χ4v) is 1.67. The van der Waals surface area contributed by atoms with E-state index >= 15 is 0 Å². The summed E-state index contributed by atoms with van der Waals surface area (Å²) in [4.78, 5) is 15.2. The van der Waals surface area contributed by atoms with Crippen molar-refractivity contribution in [2.45, 2.75) is 40.2 Å². The fraction of sp³-hybridized carbons (Fsp3) is 0.800. The highest BCUT2D eigenvalue weighted by molar-refractivity contribution is 6.05. The van der Waals surface area contributed by atoms with E-state index in [9.17, 15) is 4.79 Å².